The zero-order valence-corrected chi connectivity index (χ0v) is 11.4. The van der Waals surface area contributed by atoms with Crippen LogP contribution in [0.3, 0.4) is 0 Å². The van der Waals surface area contributed by atoms with Gasteiger partial charge in [-0.2, -0.15) is 5.26 Å². The summed E-state index contributed by atoms with van der Waals surface area (Å²) >= 11 is 1.26. The molecule has 0 spiro atoms. The lowest BCUT2D eigenvalue weighted by Crippen LogP contribution is -2.44. The van der Waals surface area contributed by atoms with Gasteiger partial charge in [0.25, 0.3) is 0 Å². The molecule has 0 atom stereocenters. The zero-order valence-electron chi connectivity index (χ0n) is 9.62. The van der Waals surface area contributed by atoms with E-state index < -0.39 is 8.80 Å². The van der Waals surface area contributed by atoms with E-state index in [4.69, 9.17) is 18.5 Å². The molecule has 0 bridgehead atoms. The Hall–Kier alpha value is -0.0631. The number of rotatable bonds is 9. The number of thioether (sulfide) groups is 1. The average Bonchev–Trinajstić information content (AvgIpc) is 2.25. The van der Waals surface area contributed by atoms with E-state index in [2.05, 4.69) is 0 Å². The SMILES string of the molecule is CCO[Si](CCCSC#N)(OC)OCC. The van der Waals surface area contributed by atoms with Crippen molar-refractivity contribution in [3.8, 4) is 5.40 Å². The van der Waals surface area contributed by atoms with E-state index in [0.29, 0.717) is 13.2 Å². The first-order valence-corrected chi connectivity index (χ1v) is 8.00. The summed E-state index contributed by atoms with van der Waals surface area (Å²) in [5.74, 6) is 0.800. The van der Waals surface area contributed by atoms with Crippen LogP contribution in [-0.2, 0) is 13.3 Å². The summed E-state index contributed by atoms with van der Waals surface area (Å²) in [5, 5.41) is 10.4. The van der Waals surface area contributed by atoms with Crippen LogP contribution in [0, 0.1) is 10.7 Å². The maximum atomic E-state index is 8.39. The third kappa shape index (κ3) is 6.17. The molecule has 0 aromatic rings. The summed E-state index contributed by atoms with van der Waals surface area (Å²) in [6, 6.07) is 0.778. The van der Waals surface area contributed by atoms with Gasteiger partial charge in [0, 0.05) is 32.1 Å². The molecular weight excluding hydrogens is 230 g/mol. The lowest BCUT2D eigenvalue weighted by atomic mass is 10.6. The van der Waals surface area contributed by atoms with E-state index in [0.717, 1.165) is 18.2 Å². The molecule has 0 saturated heterocycles. The van der Waals surface area contributed by atoms with E-state index in [1.54, 1.807) is 7.11 Å². The van der Waals surface area contributed by atoms with Gasteiger partial charge in [-0.3, -0.25) is 0 Å². The lowest BCUT2D eigenvalue weighted by molar-refractivity contribution is 0.0866. The Bertz CT molecular complexity index is 192. The normalized spacial score (nSPS) is 11.3. The van der Waals surface area contributed by atoms with Gasteiger partial charge in [0.15, 0.2) is 0 Å². The van der Waals surface area contributed by atoms with Crippen LogP contribution in [0.15, 0.2) is 0 Å². The van der Waals surface area contributed by atoms with Crippen molar-refractivity contribution < 1.29 is 13.3 Å². The van der Waals surface area contributed by atoms with Crippen molar-refractivity contribution in [2.75, 3.05) is 26.1 Å². The molecule has 0 radical (unpaired) electrons. The van der Waals surface area contributed by atoms with E-state index in [1.165, 1.54) is 11.8 Å². The van der Waals surface area contributed by atoms with Gasteiger partial charge in [-0.15, -0.1) is 0 Å². The molecule has 0 fully saturated rings. The van der Waals surface area contributed by atoms with Gasteiger partial charge in [0.2, 0.25) is 0 Å². The van der Waals surface area contributed by atoms with Gasteiger partial charge < -0.3 is 13.3 Å². The van der Waals surface area contributed by atoms with Crippen LogP contribution < -0.4 is 0 Å². The van der Waals surface area contributed by atoms with Crippen LogP contribution in [0.2, 0.25) is 6.04 Å². The molecule has 0 saturated carbocycles. The Morgan fingerprint density at radius 3 is 2.27 bits per heavy atom. The molecule has 0 N–H and O–H groups in total. The van der Waals surface area contributed by atoms with Crippen LogP contribution in [0.4, 0.5) is 0 Å². The predicted octanol–water partition coefficient (Wildman–Crippen LogP) is 2.25. The molecular formula is C9H19NO3SSi. The third-order valence-electron chi connectivity index (χ3n) is 1.83. The molecule has 0 aromatic carbocycles. The van der Waals surface area contributed by atoms with E-state index >= 15 is 0 Å². The smallest absolute Gasteiger partial charge is 0.377 e. The average molecular weight is 249 g/mol. The van der Waals surface area contributed by atoms with Gasteiger partial charge in [-0.1, -0.05) is 0 Å². The van der Waals surface area contributed by atoms with Gasteiger partial charge in [0.1, 0.15) is 5.40 Å². The molecule has 6 heteroatoms. The van der Waals surface area contributed by atoms with Gasteiger partial charge >= 0.3 is 8.80 Å². The van der Waals surface area contributed by atoms with Crippen molar-refractivity contribution in [1.82, 2.24) is 0 Å². The number of thiocyanates is 1. The Morgan fingerprint density at radius 2 is 1.87 bits per heavy atom. The molecule has 0 amide bonds. The van der Waals surface area contributed by atoms with Crippen molar-refractivity contribution in [3.63, 3.8) is 0 Å². The first-order chi connectivity index (χ1) is 7.24. The standard InChI is InChI=1S/C9H19NO3SSi/c1-4-12-15(11-3,13-5-2)8-6-7-14-9-10/h4-8H2,1-3H3. The first-order valence-electron chi connectivity index (χ1n) is 5.08. The minimum Gasteiger partial charge on any atom is -0.377 e. The Morgan fingerprint density at radius 1 is 1.27 bits per heavy atom. The maximum Gasteiger partial charge on any atom is 0.500 e. The van der Waals surface area contributed by atoms with Crippen molar-refractivity contribution in [2.24, 2.45) is 0 Å². The highest BCUT2D eigenvalue weighted by Gasteiger charge is 2.38. The molecule has 88 valence electrons. The second-order valence-corrected chi connectivity index (χ2v) is 6.53. The summed E-state index contributed by atoms with van der Waals surface area (Å²) in [6.07, 6.45) is 0.887. The van der Waals surface area contributed by atoms with Crippen LogP contribution in [0.25, 0.3) is 0 Å². The van der Waals surface area contributed by atoms with Crippen LogP contribution >= 0.6 is 11.8 Å². The molecule has 0 aromatic heterocycles. The third-order valence-corrected chi connectivity index (χ3v) is 5.50. The number of nitriles is 1. The van der Waals surface area contributed by atoms with Crippen molar-refractivity contribution in [3.05, 3.63) is 0 Å². The predicted molar refractivity (Wildman–Crippen MR) is 63.5 cm³/mol. The fraction of sp³-hybridized carbons (Fsp3) is 0.889. The molecule has 0 rings (SSSR count). The minimum absolute atomic E-state index is 0.603. The van der Waals surface area contributed by atoms with Gasteiger partial charge in [-0.05, 0) is 32.0 Å². The summed E-state index contributed by atoms with van der Waals surface area (Å²) in [6.45, 7) is 5.07. The van der Waals surface area contributed by atoms with Gasteiger partial charge in [0.05, 0.1) is 0 Å². The molecule has 0 aliphatic rings. The Kier molecular flexibility index (Phi) is 9.15. The first kappa shape index (κ1) is 14.9. The lowest BCUT2D eigenvalue weighted by Gasteiger charge is -2.26. The number of hydrogen-bond donors (Lipinski definition) is 0. The molecule has 15 heavy (non-hydrogen) atoms. The molecule has 0 heterocycles. The summed E-state index contributed by atoms with van der Waals surface area (Å²) in [7, 11) is -0.808. The van der Waals surface area contributed by atoms with E-state index in [9.17, 15) is 0 Å². The van der Waals surface area contributed by atoms with Crippen molar-refractivity contribution >= 4 is 20.6 Å². The highest BCUT2D eigenvalue weighted by atomic mass is 32.2. The highest BCUT2D eigenvalue weighted by molar-refractivity contribution is 8.03. The zero-order chi connectivity index (χ0) is 11.6. The maximum absolute atomic E-state index is 8.39. The summed E-state index contributed by atoms with van der Waals surface area (Å²) in [5.41, 5.74) is 0. The molecule has 0 unspecified atom stereocenters. The highest BCUT2D eigenvalue weighted by Crippen LogP contribution is 2.18. The summed E-state index contributed by atoms with van der Waals surface area (Å²) in [4.78, 5) is 0. The minimum atomic E-state index is -2.44. The quantitative estimate of drug-likeness (QED) is 0.356. The molecule has 4 nitrogen and oxygen atoms in total. The molecule has 0 aliphatic heterocycles. The van der Waals surface area contributed by atoms with Gasteiger partial charge in [-0.25, -0.2) is 0 Å². The van der Waals surface area contributed by atoms with Crippen molar-refractivity contribution in [2.45, 2.75) is 26.3 Å². The molecule has 0 aliphatic carbocycles. The second-order valence-electron chi connectivity index (χ2n) is 2.80. The monoisotopic (exact) mass is 249 g/mol. The topological polar surface area (TPSA) is 51.5 Å². The van der Waals surface area contributed by atoms with Crippen LogP contribution in [0.5, 0.6) is 0 Å². The Balaban J connectivity index is 4.03. The summed E-state index contributed by atoms with van der Waals surface area (Å²) < 4.78 is 16.6. The van der Waals surface area contributed by atoms with Crippen LogP contribution in [-0.4, -0.2) is 34.9 Å². The number of hydrogen-bond acceptors (Lipinski definition) is 5. The fourth-order valence-corrected chi connectivity index (χ4v) is 4.19. The van der Waals surface area contributed by atoms with E-state index in [1.807, 2.05) is 19.2 Å². The largest absolute Gasteiger partial charge is 0.500 e. The van der Waals surface area contributed by atoms with Crippen molar-refractivity contribution in [1.29, 1.82) is 5.26 Å². The fourth-order valence-electron chi connectivity index (χ4n) is 1.25. The van der Waals surface area contributed by atoms with Crippen LogP contribution in [0.1, 0.15) is 20.3 Å². The Labute approximate surface area is 97.3 Å². The van der Waals surface area contributed by atoms with E-state index in [-0.39, 0.29) is 0 Å². The second kappa shape index (κ2) is 9.18. The number of nitrogens with zero attached hydrogens (tertiary/aromatic N) is 1.